The fourth-order valence-electron chi connectivity index (χ4n) is 3.11. The van der Waals surface area contributed by atoms with Gasteiger partial charge in [-0.3, -0.25) is 9.10 Å². The van der Waals surface area contributed by atoms with Crippen molar-refractivity contribution in [2.24, 2.45) is 5.10 Å². The molecular weight excluding hydrogens is 390 g/mol. The smallest absolute Gasteiger partial charge is 0.264 e. The number of hydrogen-bond acceptors (Lipinski definition) is 5. The van der Waals surface area contributed by atoms with Crippen molar-refractivity contribution in [3.63, 3.8) is 0 Å². The monoisotopic (exact) mass is 415 g/mol. The number of rotatable bonds is 8. The largest absolute Gasteiger partial charge is 0.494 e. The standard InChI is InChI=1S/C21H25N3O4S/c1-2-28-19-14-12-18(13-15-19)24(29(26,27)20-10-4-3-5-11-20)16-21(25)23-22-17-8-6-7-9-17/h3-5,10-15H,2,6-9,16H2,1H3,(H,23,25). The van der Waals surface area contributed by atoms with E-state index in [1.807, 2.05) is 6.92 Å². The summed E-state index contributed by atoms with van der Waals surface area (Å²) in [7, 11) is -3.93. The van der Waals surface area contributed by atoms with Gasteiger partial charge in [0.2, 0.25) is 0 Å². The number of hydrazone groups is 1. The lowest BCUT2D eigenvalue weighted by molar-refractivity contribution is -0.119. The van der Waals surface area contributed by atoms with E-state index in [-0.39, 0.29) is 11.4 Å². The molecule has 0 spiro atoms. The lowest BCUT2D eigenvalue weighted by Gasteiger charge is -2.24. The van der Waals surface area contributed by atoms with Gasteiger partial charge in [-0.05, 0) is 69.0 Å². The number of sulfonamides is 1. The van der Waals surface area contributed by atoms with Crippen LogP contribution in [0.25, 0.3) is 0 Å². The second-order valence-electron chi connectivity index (χ2n) is 6.67. The van der Waals surface area contributed by atoms with Gasteiger partial charge in [0.25, 0.3) is 15.9 Å². The summed E-state index contributed by atoms with van der Waals surface area (Å²) < 4.78 is 32.9. The third-order valence-corrected chi connectivity index (χ3v) is 6.36. The number of carbonyl (C=O) groups is 1. The zero-order valence-corrected chi connectivity index (χ0v) is 17.2. The highest BCUT2D eigenvalue weighted by atomic mass is 32.2. The lowest BCUT2D eigenvalue weighted by Crippen LogP contribution is -2.39. The molecule has 2 aromatic carbocycles. The van der Waals surface area contributed by atoms with E-state index in [4.69, 9.17) is 4.74 Å². The Hall–Kier alpha value is -2.87. The summed E-state index contributed by atoms with van der Waals surface area (Å²) in [5.74, 6) is 0.142. The molecule has 7 nitrogen and oxygen atoms in total. The highest BCUT2D eigenvalue weighted by molar-refractivity contribution is 7.92. The maximum atomic E-state index is 13.2. The molecule has 1 N–H and O–H groups in total. The van der Waals surface area contributed by atoms with Crippen LogP contribution in [0.4, 0.5) is 5.69 Å². The summed E-state index contributed by atoms with van der Waals surface area (Å²) in [6.07, 6.45) is 3.86. The van der Waals surface area contributed by atoms with Crippen molar-refractivity contribution in [3.05, 3.63) is 54.6 Å². The predicted molar refractivity (Wildman–Crippen MR) is 113 cm³/mol. The summed E-state index contributed by atoms with van der Waals surface area (Å²) in [4.78, 5) is 12.6. The summed E-state index contributed by atoms with van der Waals surface area (Å²) in [5, 5.41) is 4.14. The van der Waals surface area contributed by atoms with Gasteiger partial charge >= 0.3 is 0 Å². The van der Waals surface area contributed by atoms with E-state index in [9.17, 15) is 13.2 Å². The average molecular weight is 416 g/mol. The topological polar surface area (TPSA) is 88.1 Å². The van der Waals surface area contributed by atoms with Crippen molar-refractivity contribution in [3.8, 4) is 5.75 Å². The Labute approximate surface area is 171 Å². The third-order valence-electron chi connectivity index (χ3n) is 4.57. The molecule has 8 heteroatoms. The first-order valence-electron chi connectivity index (χ1n) is 9.65. The molecule has 1 saturated carbocycles. The van der Waals surface area contributed by atoms with Gasteiger partial charge in [0.05, 0.1) is 17.2 Å². The molecule has 2 aromatic rings. The maximum absolute atomic E-state index is 13.2. The molecule has 0 unspecified atom stereocenters. The Morgan fingerprint density at radius 3 is 2.34 bits per heavy atom. The molecule has 1 fully saturated rings. The fourth-order valence-corrected chi connectivity index (χ4v) is 4.55. The van der Waals surface area contributed by atoms with Crippen LogP contribution in [0.2, 0.25) is 0 Å². The first-order valence-corrected chi connectivity index (χ1v) is 11.1. The Kier molecular flexibility index (Phi) is 6.87. The zero-order chi connectivity index (χ0) is 20.7. The number of ether oxygens (including phenoxy) is 1. The van der Waals surface area contributed by atoms with E-state index in [2.05, 4.69) is 10.5 Å². The van der Waals surface area contributed by atoms with Crippen LogP contribution >= 0.6 is 0 Å². The lowest BCUT2D eigenvalue weighted by atomic mass is 10.3. The Balaban J connectivity index is 1.86. The predicted octanol–water partition coefficient (Wildman–Crippen LogP) is 3.33. The minimum absolute atomic E-state index is 0.115. The second-order valence-corrected chi connectivity index (χ2v) is 8.53. The number of amides is 1. The molecule has 29 heavy (non-hydrogen) atoms. The quantitative estimate of drug-likeness (QED) is 0.670. The Bertz CT molecular complexity index is 949. The van der Waals surface area contributed by atoms with Crippen LogP contribution in [-0.2, 0) is 14.8 Å². The van der Waals surface area contributed by atoms with Gasteiger partial charge in [-0.15, -0.1) is 0 Å². The van der Waals surface area contributed by atoms with E-state index >= 15 is 0 Å². The fraction of sp³-hybridized carbons (Fsp3) is 0.333. The number of hydrogen-bond donors (Lipinski definition) is 1. The van der Waals surface area contributed by atoms with Crippen LogP contribution in [0.3, 0.4) is 0 Å². The van der Waals surface area contributed by atoms with E-state index < -0.39 is 15.9 Å². The second kappa shape index (κ2) is 9.56. The van der Waals surface area contributed by atoms with Gasteiger partial charge in [-0.1, -0.05) is 18.2 Å². The minimum Gasteiger partial charge on any atom is -0.494 e. The molecule has 1 aliphatic carbocycles. The van der Waals surface area contributed by atoms with Crippen molar-refractivity contribution in [1.29, 1.82) is 0 Å². The van der Waals surface area contributed by atoms with Crippen LogP contribution in [0, 0.1) is 0 Å². The van der Waals surface area contributed by atoms with Crippen molar-refractivity contribution >= 4 is 27.3 Å². The molecule has 1 aliphatic rings. The Morgan fingerprint density at radius 1 is 1.07 bits per heavy atom. The number of carbonyl (C=O) groups excluding carboxylic acids is 1. The number of benzene rings is 2. The summed E-state index contributed by atoms with van der Waals surface area (Å²) in [6, 6.07) is 14.7. The number of nitrogens with one attached hydrogen (secondary N) is 1. The molecule has 0 radical (unpaired) electrons. The SMILES string of the molecule is CCOc1ccc(N(CC(=O)NN=C2CCCC2)S(=O)(=O)c2ccccc2)cc1. The van der Waals surface area contributed by atoms with Crippen LogP contribution in [0.1, 0.15) is 32.6 Å². The highest BCUT2D eigenvalue weighted by Gasteiger charge is 2.27. The maximum Gasteiger partial charge on any atom is 0.264 e. The van der Waals surface area contributed by atoms with E-state index in [1.165, 1.54) is 12.1 Å². The van der Waals surface area contributed by atoms with Crippen LogP contribution in [0.15, 0.2) is 64.6 Å². The minimum atomic E-state index is -3.93. The van der Waals surface area contributed by atoms with Crippen molar-refractivity contribution in [1.82, 2.24) is 5.43 Å². The molecule has 0 aromatic heterocycles. The van der Waals surface area contributed by atoms with E-state index in [0.29, 0.717) is 18.0 Å². The molecule has 0 atom stereocenters. The van der Waals surface area contributed by atoms with Crippen LogP contribution in [0.5, 0.6) is 5.75 Å². The number of nitrogens with zero attached hydrogens (tertiary/aromatic N) is 2. The average Bonchev–Trinajstić information content (AvgIpc) is 3.26. The van der Waals surface area contributed by atoms with Crippen molar-refractivity contribution < 1.29 is 17.9 Å². The molecule has 0 aliphatic heterocycles. The number of anilines is 1. The van der Waals surface area contributed by atoms with Crippen LogP contribution < -0.4 is 14.5 Å². The van der Waals surface area contributed by atoms with Gasteiger partial charge < -0.3 is 4.74 Å². The summed E-state index contributed by atoms with van der Waals surface area (Å²) in [6.45, 7) is 2.01. The third kappa shape index (κ3) is 5.35. The molecule has 0 heterocycles. The summed E-state index contributed by atoms with van der Waals surface area (Å²) in [5.41, 5.74) is 3.82. The van der Waals surface area contributed by atoms with E-state index in [0.717, 1.165) is 35.7 Å². The molecule has 1 amide bonds. The first-order chi connectivity index (χ1) is 14.0. The van der Waals surface area contributed by atoms with Crippen molar-refractivity contribution in [2.45, 2.75) is 37.5 Å². The highest BCUT2D eigenvalue weighted by Crippen LogP contribution is 2.25. The zero-order valence-electron chi connectivity index (χ0n) is 16.4. The van der Waals surface area contributed by atoms with Gasteiger partial charge in [-0.25, -0.2) is 13.8 Å². The molecule has 0 bridgehead atoms. The first kappa shape index (κ1) is 20.9. The van der Waals surface area contributed by atoms with Gasteiger partial charge in [0, 0.05) is 5.71 Å². The normalized spacial score (nSPS) is 13.8. The van der Waals surface area contributed by atoms with Gasteiger partial charge in [0.1, 0.15) is 12.3 Å². The molecular formula is C21H25N3O4S. The van der Waals surface area contributed by atoms with Gasteiger partial charge in [-0.2, -0.15) is 5.10 Å². The molecule has 154 valence electrons. The molecule has 0 saturated heterocycles. The van der Waals surface area contributed by atoms with E-state index in [1.54, 1.807) is 42.5 Å². The molecule has 3 rings (SSSR count). The van der Waals surface area contributed by atoms with Crippen LogP contribution in [-0.4, -0.2) is 33.2 Å². The Morgan fingerprint density at radius 2 is 1.72 bits per heavy atom. The van der Waals surface area contributed by atoms with Crippen molar-refractivity contribution in [2.75, 3.05) is 17.5 Å². The summed E-state index contributed by atoms with van der Waals surface area (Å²) >= 11 is 0. The van der Waals surface area contributed by atoms with Gasteiger partial charge in [0.15, 0.2) is 0 Å².